The van der Waals surface area contributed by atoms with Crippen molar-refractivity contribution in [1.29, 1.82) is 0 Å². The lowest BCUT2D eigenvalue weighted by Crippen LogP contribution is -2.40. The van der Waals surface area contributed by atoms with Gasteiger partial charge in [-0.15, -0.1) is 11.8 Å². The van der Waals surface area contributed by atoms with E-state index in [0.29, 0.717) is 12.8 Å². The van der Waals surface area contributed by atoms with E-state index in [1.54, 1.807) is 0 Å². The van der Waals surface area contributed by atoms with E-state index < -0.39 is 16.5 Å². The van der Waals surface area contributed by atoms with Gasteiger partial charge in [0.25, 0.3) is 0 Å². The van der Waals surface area contributed by atoms with Crippen LogP contribution in [0.1, 0.15) is 31.2 Å². The lowest BCUT2D eigenvalue weighted by atomic mass is 10.1. The highest BCUT2D eigenvalue weighted by molar-refractivity contribution is 8.01. The minimum Gasteiger partial charge on any atom is -0.324 e. The Bertz CT molecular complexity index is 535. The molecule has 1 spiro atoms. The van der Waals surface area contributed by atoms with Gasteiger partial charge < -0.3 is 5.32 Å². The van der Waals surface area contributed by atoms with Crippen LogP contribution in [0, 0.1) is 0 Å². The van der Waals surface area contributed by atoms with Gasteiger partial charge in [-0.25, -0.2) is 0 Å². The molecule has 19 heavy (non-hydrogen) atoms. The van der Waals surface area contributed by atoms with Gasteiger partial charge in [0.2, 0.25) is 5.91 Å². The smallest absolute Gasteiger partial charge is 0.324 e. The van der Waals surface area contributed by atoms with Gasteiger partial charge in [0.15, 0.2) is 0 Å². The normalized spacial score (nSPS) is 21.3. The van der Waals surface area contributed by atoms with Gasteiger partial charge in [0, 0.05) is 4.90 Å². The molecule has 1 aromatic carbocycles. The molecule has 6 heteroatoms. The third kappa shape index (κ3) is 2.02. The molecule has 1 heterocycles. The van der Waals surface area contributed by atoms with Crippen LogP contribution >= 0.6 is 11.8 Å². The Hall–Kier alpha value is -1.17. The Morgan fingerprint density at radius 3 is 2.53 bits per heavy atom. The lowest BCUT2D eigenvalue weighted by molar-refractivity contribution is -0.139. The van der Waals surface area contributed by atoms with Gasteiger partial charge >= 0.3 is 6.18 Å². The summed E-state index contributed by atoms with van der Waals surface area (Å²) >= 11 is 1.10. The van der Waals surface area contributed by atoms with Gasteiger partial charge in [0.05, 0.1) is 16.0 Å². The minimum atomic E-state index is -4.39. The quantitative estimate of drug-likeness (QED) is 0.779. The molecule has 1 aliphatic heterocycles. The molecule has 1 fully saturated rings. The van der Waals surface area contributed by atoms with E-state index in [2.05, 4.69) is 5.32 Å². The van der Waals surface area contributed by atoms with Crippen molar-refractivity contribution in [3.8, 4) is 0 Å². The number of carbonyl (C=O) groups excluding carboxylic acids is 1. The predicted octanol–water partition coefficient (Wildman–Crippen LogP) is 4.06. The van der Waals surface area contributed by atoms with Crippen molar-refractivity contribution < 1.29 is 18.0 Å². The fourth-order valence-electron chi connectivity index (χ4n) is 2.72. The number of anilines is 1. The SMILES string of the molecule is O=C1Nc2cccc(C(F)(F)F)c2SC12CCCC2. The van der Waals surface area contributed by atoms with Crippen LogP contribution in [0.4, 0.5) is 18.9 Å². The molecule has 102 valence electrons. The summed E-state index contributed by atoms with van der Waals surface area (Å²) in [6.07, 6.45) is -1.31. The standard InChI is InChI=1S/C13H12F3NOS/c14-13(15,16)8-4-3-5-9-10(8)19-12(11(18)17-9)6-1-2-7-12/h3-5H,1-2,6-7H2,(H,17,18). The number of benzene rings is 1. The Balaban J connectivity index is 2.09. The Kier molecular flexibility index (Phi) is 2.81. The Labute approximate surface area is 112 Å². The van der Waals surface area contributed by atoms with E-state index in [4.69, 9.17) is 0 Å². The second-order valence-corrected chi connectivity index (χ2v) is 6.33. The van der Waals surface area contributed by atoms with E-state index in [1.165, 1.54) is 12.1 Å². The maximum atomic E-state index is 13.0. The molecule has 0 saturated heterocycles. The van der Waals surface area contributed by atoms with E-state index in [9.17, 15) is 18.0 Å². The molecule has 0 bridgehead atoms. The summed E-state index contributed by atoms with van der Waals surface area (Å²) < 4.78 is 38.4. The van der Waals surface area contributed by atoms with E-state index in [0.717, 1.165) is 30.7 Å². The van der Waals surface area contributed by atoms with Crippen LogP contribution in [-0.4, -0.2) is 10.7 Å². The van der Waals surface area contributed by atoms with Gasteiger partial charge in [0.1, 0.15) is 0 Å². The molecule has 1 amide bonds. The van der Waals surface area contributed by atoms with Crippen LogP contribution in [0.3, 0.4) is 0 Å². The zero-order valence-corrected chi connectivity index (χ0v) is 10.8. The van der Waals surface area contributed by atoms with Crippen LogP contribution in [0.15, 0.2) is 23.1 Å². The van der Waals surface area contributed by atoms with Gasteiger partial charge in [-0.3, -0.25) is 4.79 Å². The number of hydrogen-bond acceptors (Lipinski definition) is 2. The third-order valence-electron chi connectivity index (χ3n) is 3.69. The summed E-state index contributed by atoms with van der Waals surface area (Å²) in [6.45, 7) is 0. The summed E-state index contributed by atoms with van der Waals surface area (Å²) in [6, 6.07) is 3.93. The van der Waals surface area contributed by atoms with Gasteiger partial charge in [-0.05, 0) is 25.0 Å². The van der Waals surface area contributed by atoms with Crippen molar-refractivity contribution in [3.05, 3.63) is 23.8 Å². The van der Waals surface area contributed by atoms with Crippen molar-refractivity contribution in [3.63, 3.8) is 0 Å². The maximum absolute atomic E-state index is 13.0. The highest BCUT2D eigenvalue weighted by Gasteiger charge is 2.48. The first-order valence-electron chi connectivity index (χ1n) is 6.13. The number of fused-ring (bicyclic) bond motifs is 1. The lowest BCUT2D eigenvalue weighted by Gasteiger charge is -2.34. The van der Waals surface area contributed by atoms with Crippen LogP contribution in [0.5, 0.6) is 0 Å². The number of amides is 1. The second kappa shape index (κ2) is 4.16. The number of nitrogens with one attached hydrogen (secondary N) is 1. The average molecular weight is 287 g/mol. The van der Waals surface area contributed by atoms with Crippen molar-refractivity contribution in [2.75, 3.05) is 5.32 Å². The van der Waals surface area contributed by atoms with Crippen LogP contribution < -0.4 is 5.32 Å². The van der Waals surface area contributed by atoms with E-state index in [1.807, 2.05) is 0 Å². The maximum Gasteiger partial charge on any atom is 0.417 e. The second-order valence-electron chi connectivity index (χ2n) is 4.94. The van der Waals surface area contributed by atoms with Gasteiger partial charge in [-0.2, -0.15) is 13.2 Å². The highest BCUT2D eigenvalue weighted by Crippen LogP contribution is 2.53. The molecule has 1 aromatic rings. The van der Waals surface area contributed by atoms with Crippen molar-refractivity contribution in [2.45, 2.75) is 41.5 Å². The van der Waals surface area contributed by atoms with Gasteiger partial charge in [-0.1, -0.05) is 18.9 Å². The first-order chi connectivity index (χ1) is 8.92. The average Bonchev–Trinajstić information content (AvgIpc) is 2.78. The zero-order valence-electron chi connectivity index (χ0n) is 10.0. The van der Waals surface area contributed by atoms with Crippen LogP contribution in [-0.2, 0) is 11.0 Å². The first kappa shape index (κ1) is 12.8. The number of thioether (sulfide) groups is 1. The molecule has 1 aliphatic carbocycles. The number of hydrogen-bond donors (Lipinski definition) is 1. The number of halogens is 3. The fraction of sp³-hybridized carbons (Fsp3) is 0.462. The Morgan fingerprint density at radius 2 is 1.89 bits per heavy atom. The zero-order chi connectivity index (χ0) is 13.7. The molecular formula is C13H12F3NOS. The largest absolute Gasteiger partial charge is 0.417 e. The summed E-state index contributed by atoms with van der Waals surface area (Å²) in [5.74, 6) is -0.151. The fourth-order valence-corrected chi connectivity index (χ4v) is 4.27. The highest BCUT2D eigenvalue weighted by atomic mass is 32.2. The van der Waals surface area contributed by atoms with Crippen molar-refractivity contribution in [1.82, 2.24) is 0 Å². The molecule has 3 rings (SSSR count). The first-order valence-corrected chi connectivity index (χ1v) is 6.95. The summed E-state index contributed by atoms with van der Waals surface area (Å²) in [7, 11) is 0. The molecule has 0 aromatic heterocycles. The number of carbonyl (C=O) groups is 1. The van der Waals surface area contributed by atoms with E-state index in [-0.39, 0.29) is 16.5 Å². The molecule has 2 aliphatic rings. The minimum absolute atomic E-state index is 0.151. The number of rotatable bonds is 0. The molecule has 0 atom stereocenters. The predicted molar refractivity (Wildman–Crippen MR) is 67.1 cm³/mol. The third-order valence-corrected chi connectivity index (χ3v) is 5.32. The van der Waals surface area contributed by atoms with Crippen LogP contribution in [0.2, 0.25) is 0 Å². The molecule has 1 saturated carbocycles. The summed E-state index contributed by atoms with van der Waals surface area (Å²) in [4.78, 5) is 12.3. The summed E-state index contributed by atoms with van der Waals surface area (Å²) in [5.41, 5.74) is -0.372. The molecule has 2 nitrogen and oxygen atoms in total. The topological polar surface area (TPSA) is 29.1 Å². The molecular weight excluding hydrogens is 275 g/mol. The van der Waals surface area contributed by atoms with Crippen LogP contribution in [0.25, 0.3) is 0 Å². The van der Waals surface area contributed by atoms with E-state index >= 15 is 0 Å². The van der Waals surface area contributed by atoms with Crippen molar-refractivity contribution in [2.24, 2.45) is 0 Å². The monoisotopic (exact) mass is 287 g/mol. The Morgan fingerprint density at radius 1 is 1.21 bits per heavy atom. The number of alkyl halides is 3. The molecule has 0 unspecified atom stereocenters. The summed E-state index contributed by atoms with van der Waals surface area (Å²) in [5, 5.41) is 2.65. The van der Waals surface area contributed by atoms with Crippen molar-refractivity contribution >= 4 is 23.4 Å². The molecule has 1 N–H and O–H groups in total. The molecule has 0 radical (unpaired) electrons.